The molecule has 8 heteroatoms. The molecule has 1 saturated heterocycles. The fraction of sp³-hybridized carbons (Fsp3) is 0.263. The fourth-order valence-corrected chi connectivity index (χ4v) is 4.05. The van der Waals surface area contributed by atoms with Crippen molar-refractivity contribution in [1.29, 1.82) is 0 Å². The average Bonchev–Trinajstić information content (AvgIpc) is 3.38. The van der Waals surface area contributed by atoms with Gasteiger partial charge in [-0.2, -0.15) is 0 Å². The molecular formula is C19H18N6OS. The lowest BCUT2D eigenvalue weighted by molar-refractivity contribution is -0.0343. The zero-order valence-corrected chi connectivity index (χ0v) is 15.4. The maximum absolute atomic E-state index is 6.01. The molecule has 27 heavy (non-hydrogen) atoms. The highest BCUT2D eigenvalue weighted by Gasteiger charge is 2.26. The minimum atomic E-state index is -0.0806. The van der Waals surface area contributed by atoms with Crippen LogP contribution in [0.15, 0.2) is 54.4 Å². The maximum Gasteiger partial charge on any atom is 0.121 e. The molecule has 5 heterocycles. The number of morpholine rings is 1. The first-order valence-corrected chi connectivity index (χ1v) is 9.72. The molecule has 136 valence electrons. The summed E-state index contributed by atoms with van der Waals surface area (Å²) in [5.74, 6) is 0. The lowest BCUT2D eigenvalue weighted by Gasteiger charge is -2.31. The number of fused-ring (bicyclic) bond motifs is 1. The number of hydrogen-bond donors (Lipinski definition) is 0. The summed E-state index contributed by atoms with van der Waals surface area (Å²) in [6, 6.07) is 8.13. The second kappa shape index (κ2) is 7.15. The first kappa shape index (κ1) is 16.5. The molecule has 1 fully saturated rings. The van der Waals surface area contributed by atoms with Gasteiger partial charge in [0, 0.05) is 48.8 Å². The summed E-state index contributed by atoms with van der Waals surface area (Å²) in [5.41, 5.74) is 4.05. The van der Waals surface area contributed by atoms with Crippen molar-refractivity contribution in [3.8, 4) is 11.1 Å². The van der Waals surface area contributed by atoms with Crippen LogP contribution in [0.4, 0.5) is 0 Å². The van der Waals surface area contributed by atoms with E-state index in [4.69, 9.17) is 4.74 Å². The Hall–Kier alpha value is -2.68. The molecule has 0 aromatic carbocycles. The Morgan fingerprint density at radius 1 is 1.11 bits per heavy atom. The van der Waals surface area contributed by atoms with Crippen molar-refractivity contribution < 1.29 is 4.74 Å². The monoisotopic (exact) mass is 378 g/mol. The van der Waals surface area contributed by atoms with E-state index in [0.717, 1.165) is 47.0 Å². The SMILES string of the molecule is c1cc(-c2ccc3c([C@H]4CN(Cc5nccs5)CCO4)nnn3c2)ccn1. The first-order valence-electron chi connectivity index (χ1n) is 8.84. The van der Waals surface area contributed by atoms with Crippen LogP contribution in [0.5, 0.6) is 0 Å². The standard InChI is InChI=1S/C19H18N6OS/c1-2-16-19(17-12-24(8-9-26-17)13-18-21-7-10-27-18)22-23-25(16)11-15(1)14-3-5-20-6-4-14/h1-7,10-11,17H,8-9,12-13H2/t17-/m1/s1. The summed E-state index contributed by atoms with van der Waals surface area (Å²) in [7, 11) is 0. The van der Waals surface area contributed by atoms with E-state index >= 15 is 0 Å². The van der Waals surface area contributed by atoms with Crippen LogP contribution >= 0.6 is 11.3 Å². The van der Waals surface area contributed by atoms with Crippen molar-refractivity contribution in [3.05, 3.63) is 65.1 Å². The molecule has 0 amide bonds. The van der Waals surface area contributed by atoms with Crippen LogP contribution in [-0.2, 0) is 11.3 Å². The molecule has 4 aromatic heterocycles. The number of pyridine rings is 2. The van der Waals surface area contributed by atoms with Crippen molar-refractivity contribution in [2.24, 2.45) is 0 Å². The zero-order valence-electron chi connectivity index (χ0n) is 14.6. The van der Waals surface area contributed by atoms with Crippen LogP contribution in [0.25, 0.3) is 16.6 Å². The molecule has 0 bridgehead atoms. The van der Waals surface area contributed by atoms with Gasteiger partial charge in [-0.15, -0.1) is 16.4 Å². The summed E-state index contributed by atoms with van der Waals surface area (Å²) in [6.45, 7) is 3.23. The van der Waals surface area contributed by atoms with E-state index in [0.29, 0.717) is 6.61 Å². The Bertz CT molecular complexity index is 1030. The number of hydrogen-bond acceptors (Lipinski definition) is 7. The van der Waals surface area contributed by atoms with Crippen LogP contribution in [0.2, 0.25) is 0 Å². The van der Waals surface area contributed by atoms with Gasteiger partial charge in [0.1, 0.15) is 16.8 Å². The highest BCUT2D eigenvalue weighted by Crippen LogP contribution is 2.27. The second-order valence-corrected chi connectivity index (χ2v) is 7.46. The van der Waals surface area contributed by atoms with Crippen molar-refractivity contribution in [3.63, 3.8) is 0 Å². The van der Waals surface area contributed by atoms with E-state index in [-0.39, 0.29) is 6.10 Å². The molecule has 0 aliphatic carbocycles. The van der Waals surface area contributed by atoms with Crippen LogP contribution < -0.4 is 0 Å². The molecule has 1 atom stereocenters. The molecule has 0 saturated carbocycles. The summed E-state index contributed by atoms with van der Waals surface area (Å²) in [5, 5.41) is 11.9. The second-order valence-electron chi connectivity index (χ2n) is 6.48. The minimum absolute atomic E-state index is 0.0806. The number of ether oxygens (including phenoxy) is 1. The van der Waals surface area contributed by atoms with Gasteiger partial charge in [0.2, 0.25) is 0 Å². The van der Waals surface area contributed by atoms with Gasteiger partial charge in [-0.1, -0.05) is 11.3 Å². The molecule has 0 spiro atoms. The Labute approximate surface area is 160 Å². The largest absolute Gasteiger partial charge is 0.369 e. The van der Waals surface area contributed by atoms with Gasteiger partial charge in [0.25, 0.3) is 0 Å². The van der Waals surface area contributed by atoms with Gasteiger partial charge < -0.3 is 4.74 Å². The lowest BCUT2D eigenvalue weighted by atomic mass is 10.1. The van der Waals surface area contributed by atoms with E-state index < -0.39 is 0 Å². The Morgan fingerprint density at radius 3 is 2.89 bits per heavy atom. The van der Waals surface area contributed by atoms with E-state index in [1.54, 1.807) is 23.7 Å². The van der Waals surface area contributed by atoms with Crippen molar-refractivity contribution >= 4 is 16.9 Å². The summed E-state index contributed by atoms with van der Waals surface area (Å²) in [4.78, 5) is 10.8. The van der Waals surface area contributed by atoms with E-state index in [1.165, 1.54) is 0 Å². The Morgan fingerprint density at radius 2 is 2.04 bits per heavy atom. The van der Waals surface area contributed by atoms with Crippen LogP contribution in [0, 0.1) is 0 Å². The van der Waals surface area contributed by atoms with Crippen LogP contribution in [0.3, 0.4) is 0 Å². The molecule has 1 aliphatic heterocycles. The van der Waals surface area contributed by atoms with Gasteiger partial charge in [-0.05, 0) is 23.8 Å². The smallest absolute Gasteiger partial charge is 0.121 e. The lowest BCUT2D eigenvalue weighted by Crippen LogP contribution is -2.38. The predicted octanol–water partition coefficient (Wildman–Crippen LogP) is 2.82. The Kier molecular flexibility index (Phi) is 4.36. The highest BCUT2D eigenvalue weighted by molar-refractivity contribution is 7.09. The van der Waals surface area contributed by atoms with E-state index in [9.17, 15) is 0 Å². The minimum Gasteiger partial charge on any atom is -0.369 e. The van der Waals surface area contributed by atoms with Crippen molar-refractivity contribution in [2.75, 3.05) is 19.7 Å². The first-order chi connectivity index (χ1) is 13.4. The molecule has 5 rings (SSSR count). The average molecular weight is 378 g/mol. The summed E-state index contributed by atoms with van der Waals surface area (Å²) < 4.78 is 7.84. The van der Waals surface area contributed by atoms with Crippen molar-refractivity contribution in [1.82, 2.24) is 29.7 Å². The third kappa shape index (κ3) is 3.34. The molecule has 0 N–H and O–H groups in total. The molecule has 0 radical (unpaired) electrons. The molecule has 4 aromatic rings. The van der Waals surface area contributed by atoms with Gasteiger partial charge >= 0.3 is 0 Å². The fourth-order valence-electron chi connectivity index (χ4n) is 3.39. The van der Waals surface area contributed by atoms with Gasteiger partial charge in [-0.25, -0.2) is 9.50 Å². The van der Waals surface area contributed by atoms with Gasteiger partial charge in [0.15, 0.2) is 0 Å². The zero-order chi connectivity index (χ0) is 18.1. The number of thiazole rings is 1. The summed E-state index contributed by atoms with van der Waals surface area (Å²) in [6.07, 6.45) is 7.35. The normalized spacial score (nSPS) is 18.1. The molecule has 1 aliphatic rings. The molecule has 7 nitrogen and oxygen atoms in total. The van der Waals surface area contributed by atoms with E-state index in [2.05, 4.69) is 37.3 Å². The molecular weight excluding hydrogens is 360 g/mol. The van der Waals surface area contributed by atoms with Gasteiger partial charge in [-0.3, -0.25) is 9.88 Å². The third-order valence-corrected chi connectivity index (χ3v) is 5.52. The maximum atomic E-state index is 6.01. The third-order valence-electron chi connectivity index (χ3n) is 4.75. The van der Waals surface area contributed by atoms with E-state index in [1.807, 2.05) is 34.4 Å². The van der Waals surface area contributed by atoms with Crippen molar-refractivity contribution in [2.45, 2.75) is 12.6 Å². The topological polar surface area (TPSA) is 68.4 Å². The number of aromatic nitrogens is 5. The highest BCUT2D eigenvalue weighted by atomic mass is 32.1. The predicted molar refractivity (Wildman–Crippen MR) is 102 cm³/mol. The summed E-state index contributed by atoms with van der Waals surface area (Å²) >= 11 is 1.69. The quantitative estimate of drug-likeness (QED) is 0.544. The number of rotatable bonds is 4. The Balaban J connectivity index is 1.39. The van der Waals surface area contributed by atoms with Crippen LogP contribution in [-0.4, -0.2) is 49.4 Å². The van der Waals surface area contributed by atoms with Crippen LogP contribution in [0.1, 0.15) is 16.8 Å². The number of nitrogens with zero attached hydrogens (tertiary/aromatic N) is 6. The van der Waals surface area contributed by atoms with Gasteiger partial charge in [0.05, 0.1) is 18.7 Å². The molecule has 0 unspecified atom stereocenters.